The Bertz CT molecular complexity index is 1700. The Morgan fingerprint density at radius 1 is 0.911 bits per heavy atom. The van der Waals surface area contributed by atoms with E-state index in [4.69, 9.17) is 0 Å². The van der Waals surface area contributed by atoms with Crippen LogP contribution in [0.2, 0.25) is 0 Å². The molecule has 1 aliphatic heterocycles. The Hall–Kier alpha value is -2.37. The molecule has 0 radical (unpaired) electrons. The number of carboxylic acid groups (broad SMARTS) is 1. The average Bonchev–Trinajstić information content (AvgIpc) is 3.52. The SMILES string of the molecule is C=C(C)[C@@H]1CC[C@]2(NC(=O)N(CCCO)CCN3CCS(O)(O)CC3)CC[C@]3(C)[C@H](CC[C@@H]4[C@@]5(C)CC=C(c6ccc(C(=O)O)cc6)C(C)(C)[C@@H]5CC[C@]43C)[C@@H]12. The minimum atomic E-state index is -2.48. The highest BCUT2D eigenvalue weighted by molar-refractivity contribution is 8.24. The van der Waals surface area contributed by atoms with Crippen LogP contribution >= 0.6 is 10.6 Å². The number of benzene rings is 1. The first-order valence-electron chi connectivity index (χ1n) is 21.7. The Morgan fingerprint density at radius 2 is 1.61 bits per heavy atom. The molecule has 5 fully saturated rings. The number of aliphatic hydroxyl groups is 1. The molecule has 5 aliphatic carbocycles. The summed E-state index contributed by atoms with van der Waals surface area (Å²) in [6.07, 6.45) is 12.9. The quantitative estimate of drug-likeness (QED) is 0.149. The lowest BCUT2D eigenvalue weighted by Gasteiger charge is -2.72. The molecule has 9 nitrogen and oxygen atoms in total. The van der Waals surface area contributed by atoms with E-state index < -0.39 is 16.6 Å². The second-order valence-corrected chi connectivity index (χ2v) is 22.7. The largest absolute Gasteiger partial charge is 0.478 e. The molecule has 10 heteroatoms. The minimum Gasteiger partial charge on any atom is -0.478 e. The normalized spacial score (nSPS) is 39.2. The number of carboxylic acids is 1. The topological polar surface area (TPSA) is 134 Å². The fourth-order valence-electron chi connectivity index (χ4n) is 14.4. The third kappa shape index (κ3) is 6.89. The first kappa shape index (κ1) is 41.8. The Balaban J connectivity index is 1.14. The Kier molecular flexibility index (Phi) is 11.2. The predicted octanol–water partition coefficient (Wildman–Crippen LogP) is 9.25. The summed E-state index contributed by atoms with van der Waals surface area (Å²) in [4.78, 5) is 30.2. The van der Waals surface area contributed by atoms with Crippen molar-refractivity contribution >= 4 is 28.2 Å². The number of urea groups is 1. The van der Waals surface area contributed by atoms with Crippen molar-refractivity contribution in [3.8, 4) is 0 Å². The molecule has 312 valence electrons. The molecule has 1 heterocycles. The molecule has 9 atom stereocenters. The fraction of sp³-hybridized carbons (Fsp3) is 0.739. The number of nitrogens with zero attached hydrogens (tertiary/aromatic N) is 2. The van der Waals surface area contributed by atoms with Gasteiger partial charge in [0.05, 0.1) is 17.1 Å². The molecule has 0 unspecified atom stereocenters. The predicted molar refractivity (Wildman–Crippen MR) is 227 cm³/mol. The Labute approximate surface area is 338 Å². The molecule has 1 saturated heterocycles. The Morgan fingerprint density at radius 3 is 2.25 bits per heavy atom. The van der Waals surface area contributed by atoms with Crippen molar-refractivity contribution in [2.24, 2.45) is 51.2 Å². The average molecular weight is 794 g/mol. The van der Waals surface area contributed by atoms with E-state index in [1.807, 2.05) is 17.0 Å². The van der Waals surface area contributed by atoms with E-state index in [0.29, 0.717) is 85.8 Å². The van der Waals surface area contributed by atoms with Gasteiger partial charge in [-0.3, -0.25) is 14.0 Å². The maximum absolute atomic E-state index is 14.5. The van der Waals surface area contributed by atoms with Gasteiger partial charge in [-0.05, 0) is 146 Å². The van der Waals surface area contributed by atoms with E-state index in [0.717, 1.165) is 37.7 Å². The molecule has 56 heavy (non-hydrogen) atoms. The van der Waals surface area contributed by atoms with Gasteiger partial charge in [-0.25, -0.2) is 9.59 Å². The van der Waals surface area contributed by atoms with E-state index in [1.165, 1.54) is 36.8 Å². The summed E-state index contributed by atoms with van der Waals surface area (Å²) in [6.45, 7) is 22.5. The van der Waals surface area contributed by atoms with Gasteiger partial charge in [0.25, 0.3) is 0 Å². The van der Waals surface area contributed by atoms with Crippen LogP contribution in [0, 0.1) is 51.2 Å². The van der Waals surface area contributed by atoms with Crippen LogP contribution in [0.3, 0.4) is 0 Å². The van der Waals surface area contributed by atoms with Gasteiger partial charge in [0.1, 0.15) is 0 Å². The van der Waals surface area contributed by atoms with E-state index in [9.17, 15) is 28.9 Å². The number of aliphatic hydroxyl groups excluding tert-OH is 1. The molecule has 7 rings (SSSR count). The van der Waals surface area contributed by atoms with Crippen LogP contribution in [0.5, 0.6) is 0 Å². The van der Waals surface area contributed by atoms with E-state index in [1.54, 1.807) is 12.1 Å². The smallest absolute Gasteiger partial charge is 0.335 e. The zero-order valence-corrected chi connectivity index (χ0v) is 35.9. The van der Waals surface area contributed by atoms with Crippen LogP contribution in [0.4, 0.5) is 4.79 Å². The highest BCUT2D eigenvalue weighted by Crippen LogP contribution is 2.76. The van der Waals surface area contributed by atoms with Crippen LogP contribution in [-0.2, 0) is 0 Å². The summed E-state index contributed by atoms with van der Waals surface area (Å²) >= 11 is 0. The number of carbonyl (C=O) groups is 2. The van der Waals surface area contributed by atoms with Crippen molar-refractivity contribution in [1.82, 2.24) is 15.1 Å². The molecule has 0 bridgehead atoms. The zero-order chi connectivity index (χ0) is 40.5. The second-order valence-electron chi connectivity index (χ2n) is 20.3. The van der Waals surface area contributed by atoms with Crippen molar-refractivity contribution in [3.05, 3.63) is 53.6 Å². The molecule has 1 aromatic rings. The van der Waals surface area contributed by atoms with Gasteiger partial charge in [-0.2, -0.15) is 10.6 Å². The number of allylic oxidation sites excluding steroid dienone is 3. The van der Waals surface area contributed by atoms with Gasteiger partial charge < -0.3 is 20.4 Å². The number of hydrogen-bond donors (Lipinski definition) is 5. The first-order valence-corrected chi connectivity index (χ1v) is 23.5. The van der Waals surface area contributed by atoms with Crippen LogP contribution in [0.15, 0.2) is 42.5 Å². The molecule has 0 aromatic heterocycles. The third-order valence-electron chi connectivity index (χ3n) is 17.5. The van der Waals surface area contributed by atoms with Gasteiger partial charge in [0.2, 0.25) is 0 Å². The van der Waals surface area contributed by atoms with Gasteiger partial charge >= 0.3 is 12.0 Å². The minimum absolute atomic E-state index is 0.0201. The highest BCUT2D eigenvalue weighted by atomic mass is 32.3. The zero-order valence-electron chi connectivity index (χ0n) is 35.1. The lowest BCUT2D eigenvalue weighted by molar-refractivity contribution is -0.218. The van der Waals surface area contributed by atoms with Crippen molar-refractivity contribution in [1.29, 1.82) is 0 Å². The summed E-state index contributed by atoms with van der Waals surface area (Å²) < 4.78 is 20.2. The van der Waals surface area contributed by atoms with Gasteiger partial charge in [0.15, 0.2) is 0 Å². The van der Waals surface area contributed by atoms with E-state index in [-0.39, 0.29) is 39.8 Å². The van der Waals surface area contributed by atoms with Crippen LogP contribution in [0.1, 0.15) is 122 Å². The van der Waals surface area contributed by atoms with Crippen LogP contribution in [0.25, 0.3) is 5.57 Å². The number of nitrogens with one attached hydrogen (secondary N) is 1. The van der Waals surface area contributed by atoms with Gasteiger partial charge in [0, 0.05) is 44.9 Å². The molecule has 0 spiro atoms. The summed E-state index contributed by atoms with van der Waals surface area (Å²) in [7, 11) is -2.48. The summed E-state index contributed by atoms with van der Waals surface area (Å²) in [5.74, 6) is 2.19. The number of aromatic carboxylic acids is 1. The van der Waals surface area contributed by atoms with Crippen LogP contribution < -0.4 is 5.32 Å². The van der Waals surface area contributed by atoms with Crippen LogP contribution in [-0.4, -0.2) is 97.5 Å². The van der Waals surface area contributed by atoms with Crippen molar-refractivity contribution in [2.75, 3.05) is 50.8 Å². The monoisotopic (exact) mass is 794 g/mol. The summed E-state index contributed by atoms with van der Waals surface area (Å²) in [5, 5.41) is 23.0. The number of hydrogen-bond acceptors (Lipinski definition) is 6. The number of carbonyl (C=O) groups excluding carboxylic acids is 1. The number of rotatable bonds is 10. The van der Waals surface area contributed by atoms with E-state index >= 15 is 0 Å². The third-order valence-corrected chi connectivity index (χ3v) is 19.1. The van der Waals surface area contributed by atoms with Gasteiger partial charge in [-0.15, -0.1) is 0 Å². The molecule has 6 aliphatic rings. The molecule has 4 saturated carbocycles. The standard InChI is InChI=1S/C46H71N3O6S/c1-31(2)34-15-20-46(47-41(53)49(23-8-28-50)25-24-48-26-29-56(54,55)30-27-48)22-21-44(6)36(39(34)46)13-14-38-43(5)18-16-35(32-9-11-33(12-10-32)40(51)52)42(3,4)37(43)17-19-45(38,44)7/h9-12,16,34,36-39,50,54-55H,1,8,13-15,17-30H2,2-7H3,(H,47,53)(H,51,52)/t34-,36+,37-,38+,39+,43-,44+,45+,46-/m0/s1. The molecular weight excluding hydrogens is 723 g/mol. The lowest BCUT2D eigenvalue weighted by Crippen LogP contribution is -2.69. The van der Waals surface area contributed by atoms with E-state index in [2.05, 4.69) is 64.4 Å². The number of amides is 2. The van der Waals surface area contributed by atoms with Crippen molar-refractivity contribution in [2.45, 2.75) is 111 Å². The maximum atomic E-state index is 14.5. The first-order chi connectivity index (χ1) is 26.3. The lowest BCUT2D eigenvalue weighted by atomic mass is 9.33. The summed E-state index contributed by atoms with van der Waals surface area (Å²) in [5.41, 5.74) is 4.19. The van der Waals surface area contributed by atoms with Crippen molar-refractivity contribution < 1.29 is 28.9 Å². The molecule has 5 N–H and O–H groups in total. The molecular formula is C46H71N3O6S. The van der Waals surface area contributed by atoms with Gasteiger partial charge in [-0.1, -0.05) is 65.0 Å². The number of fused-ring (bicyclic) bond motifs is 7. The highest BCUT2D eigenvalue weighted by Gasteiger charge is 2.70. The maximum Gasteiger partial charge on any atom is 0.335 e. The second kappa shape index (κ2) is 15.0. The fourth-order valence-corrected chi connectivity index (χ4v) is 15.7. The summed E-state index contributed by atoms with van der Waals surface area (Å²) in [6, 6.07) is 7.48. The molecule has 2 amide bonds. The van der Waals surface area contributed by atoms with Crippen molar-refractivity contribution in [3.63, 3.8) is 0 Å². The molecule has 1 aromatic carbocycles.